The van der Waals surface area contributed by atoms with Gasteiger partial charge in [0.25, 0.3) is 0 Å². The Morgan fingerprint density at radius 1 is 1.29 bits per heavy atom. The van der Waals surface area contributed by atoms with E-state index in [1.807, 2.05) is 0 Å². The van der Waals surface area contributed by atoms with Crippen LogP contribution in [-0.2, 0) is 9.13 Å². The number of nitrogens with zero attached hydrogens (tertiary/aromatic N) is 1. The van der Waals surface area contributed by atoms with Gasteiger partial charge in [0.15, 0.2) is 13.6 Å². The average molecular weight is 255 g/mol. The Hall–Kier alpha value is 0.570. The molecule has 0 heterocycles. The van der Waals surface area contributed by atoms with Crippen LogP contribution in [0.5, 0.6) is 0 Å². The molecule has 0 aliphatic rings. The van der Waals surface area contributed by atoms with Gasteiger partial charge in [-0.25, -0.2) is 4.99 Å². The molecule has 0 rings (SSSR count). The molecular formula is C2H8N3NaO6P2. The quantitative estimate of drug-likeness (QED) is 0.143. The molecule has 2 unspecified atom stereocenters. The van der Waals surface area contributed by atoms with Gasteiger partial charge in [0.2, 0.25) is 5.52 Å². The van der Waals surface area contributed by atoms with E-state index >= 15 is 0 Å². The van der Waals surface area contributed by atoms with Crippen LogP contribution in [0.15, 0.2) is 4.99 Å². The molecule has 2 atom stereocenters. The van der Waals surface area contributed by atoms with Gasteiger partial charge in [-0.15, -0.1) is 0 Å². The van der Waals surface area contributed by atoms with Crippen LogP contribution >= 0.6 is 15.2 Å². The van der Waals surface area contributed by atoms with Crippen molar-refractivity contribution in [3.63, 3.8) is 0 Å². The minimum Gasteiger partial charge on any atom is -0.777 e. The third-order valence-electron chi connectivity index (χ3n) is 0.857. The Balaban J connectivity index is 0. The van der Waals surface area contributed by atoms with E-state index in [1.54, 1.807) is 0 Å². The van der Waals surface area contributed by atoms with Crippen molar-refractivity contribution in [2.45, 2.75) is 5.52 Å². The van der Waals surface area contributed by atoms with E-state index in [0.29, 0.717) is 0 Å². The predicted octanol–water partition coefficient (Wildman–Crippen LogP) is -5.73. The second-order valence-corrected chi connectivity index (χ2v) is 5.75. The molecule has 0 aliphatic carbocycles. The minimum atomic E-state index is -5.31. The van der Waals surface area contributed by atoms with Crippen molar-refractivity contribution >= 4 is 21.2 Å². The first-order valence-corrected chi connectivity index (χ1v) is 6.05. The molecule has 78 valence electrons. The summed E-state index contributed by atoms with van der Waals surface area (Å²) in [6.45, 7) is 0. The number of guanidine groups is 1. The van der Waals surface area contributed by atoms with Crippen LogP contribution in [-0.4, -0.2) is 26.2 Å². The van der Waals surface area contributed by atoms with Gasteiger partial charge in [0, 0.05) is 0 Å². The third-order valence-corrected chi connectivity index (χ3v) is 4.05. The smallest absolute Gasteiger partial charge is 0.777 e. The molecule has 0 aliphatic heterocycles. The fourth-order valence-corrected chi connectivity index (χ4v) is 2.56. The van der Waals surface area contributed by atoms with Gasteiger partial charge in [-0.1, -0.05) is 0 Å². The summed E-state index contributed by atoms with van der Waals surface area (Å²) in [6.07, 6.45) is 0. The topological polar surface area (TPSA) is 182 Å². The Morgan fingerprint density at radius 3 is 1.71 bits per heavy atom. The molecule has 0 aromatic heterocycles. The Bertz CT molecular complexity index is 280. The van der Waals surface area contributed by atoms with E-state index in [-0.39, 0.29) is 29.6 Å². The van der Waals surface area contributed by atoms with Crippen LogP contribution in [0, 0.1) is 0 Å². The molecule has 0 radical (unpaired) electrons. The normalized spacial score (nSPS) is 17.4. The second kappa shape index (κ2) is 5.60. The van der Waals surface area contributed by atoms with E-state index < -0.39 is 26.7 Å². The molecule has 0 saturated heterocycles. The van der Waals surface area contributed by atoms with Gasteiger partial charge >= 0.3 is 37.2 Å². The molecule has 12 heteroatoms. The zero-order valence-electron chi connectivity index (χ0n) is 7.14. The van der Waals surface area contributed by atoms with E-state index in [0.717, 1.165) is 0 Å². The average Bonchev–Trinajstić information content (AvgIpc) is 1.77. The molecule has 0 bridgehead atoms. The van der Waals surface area contributed by atoms with E-state index in [1.165, 1.54) is 0 Å². The molecule has 0 amide bonds. The Kier molecular flexibility index (Phi) is 6.79. The van der Waals surface area contributed by atoms with Crippen molar-refractivity contribution in [2.75, 3.05) is 0 Å². The maximum atomic E-state index is 10.5. The fourth-order valence-electron chi connectivity index (χ4n) is 0.472. The number of nitrogens with two attached hydrogens (primary N) is 2. The van der Waals surface area contributed by atoms with Crippen molar-refractivity contribution in [1.29, 1.82) is 0 Å². The molecule has 0 fully saturated rings. The van der Waals surface area contributed by atoms with Crippen molar-refractivity contribution < 1.29 is 58.3 Å². The van der Waals surface area contributed by atoms with Crippen molar-refractivity contribution in [3.05, 3.63) is 0 Å². The Morgan fingerprint density at radius 2 is 1.64 bits per heavy atom. The summed E-state index contributed by atoms with van der Waals surface area (Å²) in [5, 5.41) is 0. The monoisotopic (exact) mass is 255 g/mol. The largest absolute Gasteiger partial charge is 1.00 e. The molecule has 0 spiro atoms. The van der Waals surface area contributed by atoms with E-state index in [9.17, 15) is 14.0 Å². The van der Waals surface area contributed by atoms with Crippen molar-refractivity contribution in [2.24, 2.45) is 16.5 Å². The number of aliphatic imine (C=N–C) groups is 1. The van der Waals surface area contributed by atoms with Crippen LogP contribution in [0.2, 0.25) is 0 Å². The van der Waals surface area contributed by atoms with Gasteiger partial charge in [0.1, 0.15) is 0 Å². The van der Waals surface area contributed by atoms with Gasteiger partial charge in [-0.2, -0.15) is 0 Å². The third kappa shape index (κ3) is 6.13. The first-order chi connectivity index (χ1) is 5.55. The first-order valence-electron chi connectivity index (χ1n) is 2.72. The predicted molar refractivity (Wildman–Crippen MR) is 41.5 cm³/mol. The van der Waals surface area contributed by atoms with Crippen LogP contribution in [0.3, 0.4) is 0 Å². The summed E-state index contributed by atoms with van der Waals surface area (Å²) in [5.41, 5.74) is 6.77. The summed E-state index contributed by atoms with van der Waals surface area (Å²) >= 11 is 0. The van der Waals surface area contributed by atoms with E-state index in [4.69, 9.17) is 26.1 Å². The Labute approximate surface area is 101 Å². The molecular weight excluding hydrogens is 247 g/mol. The summed E-state index contributed by atoms with van der Waals surface area (Å²) < 4.78 is 20.8. The minimum absolute atomic E-state index is 0. The van der Waals surface area contributed by atoms with E-state index in [2.05, 4.69) is 4.99 Å². The van der Waals surface area contributed by atoms with Gasteiger partial charge in [-0.05, 0) is 0 Å². The van der Waals surface area contributed by atoms with Crippen LogP contribution in [0.4, 0.5) is 0 Å². The standard InChI is InChI=1S/C2H9N3O6P2.Na/c3-1(4)5-2(12(6,7)8)13(9,10)11;/h2H,(H4,3,4,5)(H2,6,7,8)(H2,9,10,11);/q;+1/p-1. The first kappa shape index (κ1) is 17.0. The molecule has 9 nitrogen and oxygen atoms in total. The van der Waals surface area contributed by atoms with Gasteiger partial charge < -0.3 is 35.6 Å². The fraction of sp³-hybridized carbons (Fsp3) is 0.500. The second-order valence-electron chi connectivity index (χ2n) is 2.05. The van der Waals surface area contributed by atoms with Crippen LogP contribution < -0.4 is 45.9 Å². The molecule has 14 heavy (non-hydrogen) atoms. The van der Waals surface area contributed by atoms with Gasteiger partial charge in [-0.3, -0.25) is 4.57 Å². The molecule has 0 saturated carbocycles. The molecule has 0 aromatic carbocycles. The zero-order valence-corrected chi connectivity index (χ0v) is 10.9. The maximum Gasteiger partial charge on any atom is 1.00 e. The van der Waals surface area contributed by atoms with Crippen LogP contribution in [0.25, 0.3) is 0 Å². The van der Waals surface area contributed by atoms with Gasteiger partial charge in [0.05, 0.1) is 0 Å². The summed E-state index contributed by atoms with van der Waals surface area (Å²) in [6, 6.07) is 0. The number of hydrogen-bond donors (Lipinski definition) is 5. The summed E-state index contributed by atoms with van der Waals surface area (Å²) in [7, 11) is -10.4. The molecule has 0 aromatic rings. The number of rotatable bonds is 3. The van der Waals surface area contributed by atoms with Crippen molar-refractivity contribution in [3.8, 4) is 0 Å². The van der Waals surface area contributed by atoms with Crippen LogP contribution in [0.1, 0.15) is 0 Å². The SMILES string of the molecule is NC(N)=NC(P(=O)([O-])O)P(=O)(O)O.[Na+]. The number of hydrogen-bond acceptors (Lipinski definition) is 4. The zero-order chi connectivity index (χ0) is 10.9. The van der Waals surface area contributed by atoms with Crippen molar-refractivity contribution in [1.82, 2.24) is 0 Å². The summed E-state index contributed by atoms with van der Waals surface area (Å²) in [4.78, 5) is 38.3. The molecule has 7 N–H and O–H groups in total. The maximum absolute atomic E-state index is 10.5. The summed E-state index contributed by atoms with van der Waals surface area (Å²) in [5.74, 6) is -0.849.